The molecule has 0 amide bonds. The summed E-state index contributed by atoms with van der Waals surface area (Å²) in [6.45, 7) is 3.13. The van der Waals surface area contributed by atoms with Gasteiger partial charge in [0.25, 0.3) is 0 Å². The molecule has 1 aliphatic heterocycles. The van der Waals surface area contributed by atoms with E-state index in [1.54, 1.807) is 7.11 Å². The van der Waals surface area contributed by atoms with Crippen molar-refractivity contribution in [2.45, 2.75) is 17.8 Å². The molecule has 1 aliphatic rings. The second kappa shape index (κ2) is 5.39. The summed E-state index contributed by atoms with van der Waals surface area (Å²) in [6.07, 6.45) is 1.21. The van der Waals surface area contributed by atoms with Crippen LogP contribution in [-0.2, 0) is 6.54 Å². The molecule has 0 aromatic heterocycles. The van der Waals surface area contributed by atoms with Gasteiger partial charge in [-0.3, -0.25) is 4.90 Å². The third kappa shape index (κ3) is 2.90. The molecule has 0 saturated carbocycles. The zero-order valence-corrected chi connectivity index (χ0v) is 11.6. The number of nitrogens with zero attached hydrogens (tertiary/aromatic N) is 1. The fourth-order valence-electron chi connectivity index (χ4n) is 2.04. The van der Waals surface area contributed by atoms with Crippen LogP contribution in [0.4, 0.5) is 0 Å². The molecule has 1 atom stereocenters. The summed E-state index contributed by atoms with van der Waals surface area (Å²) in [5.74, 6) is 0.919. The fraction of sp³-hybridized carbons (Fsp3) is 0.500. The van der Waals surface area contributed by atoms with Gasteiger partial charge in [0, 0.05) is 28.5 Å². The maximum absolute atomic E-state index is 6.00. The van der Waals surface area contributed by atoms with Gasteiger partial charge in [-0.2, -0.15) is 0 Å². The first kappa shape index (κ1) is 12.2. The number of ether oxygens (including phenoxy) is 1. The van der Waals surface area contributed by atoms with Gasteiger partial charge < -0.3 is 4.74 Å². The number of halogens is 2. The van der Waals surface area contributed by atoms with E-state index in [1.165, 1.54) is 6.42 Å². The first-order valence-electron chi connectivity index (χ1n) is 5.38. The number of alkyl halides is 1. The van der Waals surface area contributed by atoms with Crippen LogP contribution in [0.3, 0.4) is 0 Å². The standard InChI is InChI=1S/C12H15BrClNO/c1-16-12-3-2-11(14)6-9(12)7-15-5-4-10(13)8-15/h2-3,6,10H,4-5,7-8H2,1H3. The molecule has 0 bridgehead atoms. The van der Waals surface area contributed by atoms with E-state index in [1.807, 2.05) is 18.2 Å². The Kier molecular flexibility index (Phi) is 4.11. The number of methoxy groups -OCH3 is 1. The Morgan fingerprint density at radius 3 is 3.00 bits per heavy atom. The second-order valence-corrected chi connectivity index (χ2v) is 5.81. The van der Waals surface area contributed by atoms with Crippen molar-refractivity contribution in [1.29, 1.82) is 0 Å². The van der Waals surface area contributed by atoms with Crippen molar-refractivity contribution in [1.82, 2.24) is 4.90 Å². The van der Waals surface area contributed by atoms with Crippen LogP contribution in [0, 0.1) is 0 Å². The van der Waals surface area contributed by atoms with Gasteiger partial charge in [-0.05, 0) is 31.2 Å². The Balaban J connectivity index is 2.10. The molecule has 0 N–H and O–H groups in total. The maximum atomic E-state index is 6.00. The summed E-state index contributed by atoms with van der Waals surface area (Å²) in [6, 6.07) is 5.78. The zero-order chi connectivity index (χ0) is 11.5. The molecule has 0 aliphatic carbocycles. The lowest BCUT2D eigenvalue weighted by Crippen LogP contribution is -2.20. The van der Waals surface area contributed by atoms with Crippen molar-refractivity contribution in [3.8, 4) is 5.75 Å². The lowest BCUT2D eigenvalue weighted by atomic mass is 10.2. The van der Waals surface area contributed by atoms with E-state index >= 15 is 0 Å². The average molecular weight is 305 g/mol. The summed E-state index contributed by atoms with van der Waals surface area (Å²) in [4.78, 5) is 3.03. The van der Waals surface area contributed by atoms with Crippen molar-refractivity contribution in [2.24, 2.45) is 0 Å². The van der Waals surface area contributed by atoms with Crippen LogP contribution in [0.5, 0.6) is 5.75 Å². The maximum Gasteiger partial charge on any atom is 0.123 e. The number of rotatable bonds is 3. The molecule has 0 spiro atoms. The molecule has 2 nitrogen and oxygen atoms in total. The summed E-state index contributed by atoms with van der Waals surface area (Å²) >= 11 is 9.65. The number of hydrogen-bond acceptors (Lipinski definition) is 2. The van der Waals surface area contributed by atoms with Crippen LogP contribution in [0.1, 0.15) is 12.0 Å². The second-order valence-electron chi connectivity index (χ2n) is 4.08. The highest BCUT2D eigenvalue weighted by Crippen LogP contribution is 2.26. The van der Waals surface area contributed by atoms with E-state index in [-0.39, 0.29) is 0 Å². The lowest BCUT2D eigenvalue weighted by molar-refractivity contribution is 0.322. The summed E-state index contributed by atoms with van der Waals surface area (Å²) in [5.41, 5.74) is 1.16. The smallest absolute Gasteiger partial charge is 0.123 e. The minimum Gasteiger partial charge on any atom is -0.496 e. The molecule has 4 heteroatoms. The molecule has 1 aromatic carbocycles. The van der Waals surface area contributed by atoms with Crippen molar-refractivity contribution < 1.29 is 4.74 Å². The number of likely N-dealkylation sites (tertiary alicyclic amines) is 1. The van der Waals surface area contributed by atoms with E-state index < -0.39 is 0 Å². The fourth-order valence-corrected chi connectivity index (χ4v) is 2.85. The molecule has 1 saturated heterocycles. The number of hydrogen-bond donors (Lipinski definition) is 0. The minimum absolute atomic E-state index is 0.623. The number of benzene rings is 1. The average Bonchev–Trinajstić information content (AvgIpc) is 2.64. The van der Waals surface area contributed by atoms with E-state index in [0.717, 1.165) is 36.0 Å². The van der Waals surface area contributed by atoms with Gasteiger partial charge in [-0.1, -0.05) is 27.5 Å². The van der Waals surface area contributed by atoms with E-state index in [9.17, 15) is 0 Å². The molecule has 16 heavy (non-hydrogen) atoms. The Labute approximate surface area is 110 Å². The molecule has 0 radical (unpaired) electrons. The minimum atomic E-state index is 0.623. The Morgan fingerprint density at radius 1 is 1.56 bits per heavy atom. The van der Waals surface area contributed by atoms with Gasteiger partial charge in [0.05, 0.1) is 7.11 Å². The van der Waals surface area contributed by atoms with Gasteiger partial charge in [0.1, 0.15) is 5.75 Å². The third-order valence-electron chi connectivity index (χ3n) is 2.85. The highest BCUT2D eigenvalue weighted by atomic mass is 79.9. The molecule has 1 unspecified atom stereocenters. The quantitative estimate of drug-likeness (QED) is 0.794. The van der Waals surface area contributed by atoms with E-state index in [4.69, 9.17) is 16.3 Å². The summed E-state index contributed by atoms with van der Waals surface area (Å²) in [7, 11) is 1.70. The zero-order valence-electron chi connectivity index (χ0n) is 9.25. The Bertz CT molecular complexity index is 372. The van der Waals surface area contributed by atoms with Crippen LogP contribution in [0.15, 0.2) is 18.2 Å². The van der Waals surface area contributed by atoms with E-state index in [2.05, 4.69) is 20.8 Å². The van der Waals surface area contributed by atoms with Crippen molar-refractivity contribution in [2.75, 3.05) is 20.2 Å². The van der Waals surface area contributed by atoms with Crippen LogP contribution < -0.4 is 4.74 Å². The molecule has 1 aromatic rings. The van der Waals surface area contributed by atoms with Crippen molar-refractivity contribution in [3.63, 3.8) is 0 Å². The van der Waals surface area contributed by atoms with Crippen LogP contribution >= 0.6 is 27.5 Å². The van der Waals surface area contributed by atoms with E-state index in [0.29, 0.717) is 4.83 Å². The lowest BCUT2D eigenvalue weighted by Gasteiger charge is -2.17. The van der Waals surface area contributed by atoms with Crippen molar-refractivity contribution in [3.05, 3.63) is 28.8 Å². The Hall–Kier alpha value is -0.250. The first-order valence-corrected chi connectivity index (χ1v) is 6.67. The molecular weight excluding hydrogens is 289 g/mol. The predicted octanol–water partition coefficient (Wildman–Crippen LogP) is 3.32. The van der Waals surface area contributed by atoms with Gasteiger partial charge in [-0.25, -0.2) is 0 Å². The van der Waals surface area contributed by atoms with Gasteiger partial charge in [0.15, 0.2) is 0 Å². The Morgan fingerprint density at radius 2 is 2.38 bits per heavy atom. The topological polar surface area (TPSA) is 12.5 Å². The highest BCUT2D eigenvalue weighted by Gasteiger charge is 2.20. The highest BCUT2D eigenvalue weighted by molar-refractivity contribution is 9.09. The summed E-state index contributed by atoms with van der Waals surface area (Å²) < 4.78 is 5.34. The summed E-state index contributed by atoms with van der Waals surface area (Å²) in [5, 5.41) is 0.769. The molecule has 2 rings (SSSR count). The molecular formula is C12H15BrClNO. The molecule has 1 fully saturated rings. The van der Waals surface area contributed by atoms with Gasteiger partial charge >= 0.3 is 0 Å². The van der Waals surface area contributed by atoms with Crippen LogP contribution in [-0.4, -0.2) is 29.9 Å². The van der Waals surface area contributed by atoms with Crippen LogP contribution in [0.2, 0.25) is 5.02 Å². The van der Waals surface area contributed by atoms with Crippen molar-refractivity contribution >= 4 is 27.5 Å². The van der Waals surface area contributed by atoms with Gasteiger partial charge in [-0.15, -0.1) is 0 Å². The molecule has 88 valence electrons. The third-order valence-corrected chi connectivity index (χ3v) is 3.83. The normalized spacial score (nSPS) is 21.3. The van der Waals surface area contributed by atoms with Gasteiger partial charge in [0.2, 0.25) is 0 Å². The largest absolute Gasteiger partial charge is 0.496 e. The first-order chi connectivity index (χ1) is 7.69. The molecule has 1 heterocycles. The predicted molar refractivity (Wildman–Crippen MR) is 70.6 cm³/mol. The van der Waals surface area contributed by atoms with Crippen LogP contribution in [0.25, 0.3) is 0 Å². The monoisotopic (exact) mass is 303 g/mol. The SMILES string of the molecule is COc1ccc(Cl)cc1CN1CCC(Br)C1.